The molecule has 1 aromatic rings. The van der Waals surface area contributed by atoms with Crippen LogP contribution in [0.1, 0.15) is 19.8 Å². The number of benzene rings is 1. The normalized spacial score (nSPS) is 11.9. The van der Waals surface area contributed by atoms with E-state index in [2.05, 4.69) is 0 Å². The minimum absolute atomic E-state index is 0.0222. The third kappa shape index (κ3) is 5.92. The summed E-state index contributed by atoms with van der Waals surface area (Å²) in [6, 6.07) is 9.19. The van der Waals surface area contributed by atoms with Gasteiger partial charge in [-0.3, -0.25) is 4.79 Å². The van der Waals surface area contributed by atoms with Crippen molar-refractivity contribution in [2.75, 3.05) is 13.2 Å². The monoisotopic (exact) mass is 238 g/mol. The van der Waals surface area contributed by atoms with E-state index < -0.39 is 6.10 Å². The van der Waals surface area contributed by atoms with E-state index in [1.54, 1.807) is 12.1 Å². The Labute approximate surface area is 101 Å². The molecular weight excluding hydrogens is 220 g/mol. The number of hydrogen-bond acceptors (Lipinski definition) is 4. The summed E-state index contributed by atoms with van der Waals surface area (Å²) in [4.78, 5) is 11.0. The van der Waals surface area contributed by atoms with Crippen LogP contribution < -0.4 is 4.74 Å². The molecule has 0 fully saturated rings. The highest BCUT2D eigenvalue weighted by molar-refractivity contribution is 5.69. The minimum atomic E-state index is -0.795. The zero-order valence-corrected chi connectivity index (χ0v) is 9.96. The Hall–Kier alpha value is -1.55. The van der Waals surface area contributed by atoms with Gasteiger partial charge in [-0.1, -0.05) is 25.1 Å². The van der Waals surface area contributed by atoms with E-state index in [-0.39, 0.29) is 19.2 Å². The lowest BCUT2D eigenvalue weighted by Crippen LogP contribution is -2.25. The third-order valence-corrected chi connectivity index (χ3v) is 2.08. The molecule has 4 heteroatoms. The van der Waals surface area contributed by atoms with Gasteiger partial charge >= 0.3 is 5.97 Å². The summed E-state index contributed by atoms with van der Waals surface area (Å²) in [7, 11) is 0. The van der Waals surface area contributed by atoms with Gasteiger partial charge in [-0.05, 0) is 18.6 Å². The Morgan fingerprint density at radius 2 is 2.00 bits per heavy atom. The maximum Gasteiger partial charge on any atom is 0.305 e. The summed E-state index contributed by atoms with van der Waals surface area (Å²) >= 11 is 0. The van der Waals surface area contributed by atoms with Gasteiger partial charge in [-0.25, -0.2) is 0 Å². The number of carbonyl (C=O) groups excluding carboxylic acids is 1. The molecule has 0 aliphatic heterocycles. The molecule has 1 atom stereocenters. The summed E-state index contributed by atoms with van der Waals surface area (Å²) in [5.74, 6) is 0.401. The van der Waals surface area contributed by atoms with E-state index in [0.29, 0.717) is 12.2 Å². The summed E-state index contributed by atoms with van der Waals surface area (Å²) < 4.78 is 10.2. The quantitative estimate of drug-likeness (QED) is 0.735. The van der Waals surface area contributed by atoms with Crippen LogP contribution in [0.25, 0.3) is 0 Å². The van der Waals surface area contributed by atoms with E-state index >= 15 is 0 Å². The second kappa shape index (κ2) is 7.68. The molecule has 0 amide bonds. The molecule has 0 aliphatic rings. The molecule has 1 rings (SSSR count). The average Bonchev–Trinajstić information content (AvgIpc) is 2.35. The van der Waals surface area contributed by atoms with Crippen molar-refractivity contribution in [1.29, 1.82) is 0 Å². The lowest BCUT2D eigenvalue weighted by Gasteiger charge is -2.12. The number of esters is 1. The van der Waals surface area contributed by atoms with Crippen molar-refractivity contribution in [3.63, 3.8) is 0 Å². The van der Waals surface area contributed by atoms with Crippen LogP contribution in [0.2, 0.25) is 0 Å². The lowest BCUT2D eigenvalue weighted by molar-refractivity contribution is -0.147. The van der Waals surface area contributed by atoms with Crippen LogP contribution in [0, 0.1) is 0 Å². The Balaban J connectivity index is 2.17. The molecule has 17 heavy (non-hydrogen) atoms. The van der Waals surface area contributed by atoms with E-state index in [9.17, 15) is 9.90 Å². The fourth-order valence-electron chi connectivity index (χ4n) is 1.22. The SMILES string of the molecule is CCCC(=O)OCC(O)COc1ccccc1. The van der Waals surface area contributed by atoms with Crippen molar-refractivity contribution >= 4 is 5.97 Å². The zero-order valence-electron chi connectivity index (χ0n) is 9.96. The Kier molecular flexibility index (Phi) is 6.10. The van der Waals surface area contributed by atoms with Crippen molar-refractivity contribution in [3.8, 4) is 5.75 Å². The van der Waals surface area contributed by atoms with Crippen molar-refractivity contribution in [1.82, 2.24) is 0 Å². The van der Waals surface area contributed by atoms with Crippen LogP contribution in [0.4, 0.5) is 0 Å². The molecule has 0 radical (unpaired) electrons. The van der Waals surface area contributed by atoms with Crippen molar-refractivity contribution in [3.05, 3.63) is 30.3 Å². The van der Waals surface area contributed by atoms with Crippen LogP contribution in [-0.2, 0) is 9.53 Å². The van der Waals surface area contributed by atoms with Crippen molar-refractivity contribution in [2.45, 2.75) is 25.9 Å². The van der Waals surface area contributed by atoms with Gasteiger partial charge in [0.05, 0.1) is 0 Å². The molecule has 1 N–H and O–H groups in total. The molecule has 1 aromatic carbocycles. The zero-order chi connectivity index (χ0) is 12.5. The van der Waals surface area contributed by atoms with Gasteiger partial charge in [0.1, 0.15) is 25.1 Å². The topological polar surface area (TPSA) is 55.8 Å². The number of carbonyl (C=O) groups is 1. The summed E-state index contributed by atoms with van der Waals surface area (Å²) in [5, 5.41) is 9.53. The highest BCUT2D eigenvalue weighted by Crippen LogP contribution is 2.08. The molecule has 0 saturated carbocycles. The number of ether oxygens (including phenoxy) is 2. The molecule has 0 heterocycles. The van der Waals surface area contributed by atoms with Crippen molar-refractivity contribution in [2.24, 2.45) is 0 Å². The van der Waals surface area contributed by atoms with E-state index in [0.717, 1.165) is 6.42 Å². The van der Waals surface area contributed by atoms with Crippen LogP contribution in [-0.4, -0.2) is 30.4 Å². The molecule has 0 aliphatic carbocycles. The molecular formula is C13H18O4. The smallest absolute Gasteiger partial charge is 0.305 e. The van der Waals surface area contributed by atoms with Crippen LogP contribution in [0.5, 0.6) is 5.75 Å². The first-order valence-corrected chi connectivity index (χ1v) is 5.74. The maximum absolute atomic E-state index is 11.0. The first-order chi connectivity index (χ1) is 8.22. The molecule has 0 saturated heterocycles. The Morgan fingerprint density at radius 1 is 1.29 bits per heavy atom. The molecule has 0 aromatic heterocycles. The van der Waals surface area contributed by atoms with E-state index in [1.165, 1.54) is 0 Å². The average molecular weight is 238 g/mol. The number of para-hydroxylation sites is 1. The number of aliphatic hydroxyl groups excluding tert-OH is 1. The molecule has 0 bridgehead atoms. The number of rotatable bonds is 7. The predicted molar refractivity (Wildman–Crippen MR) is 63.8 cm³/mol. The van der Waals surface area contributed by atoms with Crippen LogP contribution in [0.3, 0.4) is 0 Å². The number of aliphatic hydroxyl groups is 1. The lowest BCUT2D eigenvalue weighted by atomic mass is 10.3. The minimum Gasteiger partial charge on any atom is -0.491 e. The van der Waals surface area contributed by atoms with Crippen LogP contribution >= 0.6 is 0 Å². The Bertz CT molecular complexity index is 323. The van der Waals surface area contributed by atoms with Crippen LogP contribution in [0.15, 0.2) is 30.3 Å². The molecule has 0 spiro atoms. The first-order valence-electron chi connectivity index (χ1n) is 5.74. The third-order valence-electron chi connectivity index (χ3n) is 2.08. The highest BCUT2D eigenvalue weighted by Gasteiger charge is 2.08. The van der Waals surface area contributed by atoms with Gasteiger partial charge in [0.15, 0.2) is 0 Å². The first kappa shape index (κ1) is 13.5. The van der Waals surface area contributed by atoms with Gasteiger partial charge in [0.2, 0.25) is 0 Å². The van der Waals surface area contributed by atoms with E-state index in [1.807, 2.05) is 25.1 Å². The predicted octanol–water partition coefficient (Wildman–Crippen LogP) is 1.77. The Morgan fingerprint density at radius 3 is 2.65 bits per heavy atom. The van der Waals surface area contributed by atoms with E-state index in [4.69, 9.17) is 9.47 Å². The van der Waals surface area contributed by atoms with Gasteiger partial charge in [-0.2, -0.15) is 0 Å². The number of hydrogen-bond donors (Lipinski definition) is 1. The fourth-order valence-corrected chi connectivity index (χ4v) is 1.22. The molecule has 94 valence electrons. The standard InChI is InChI=1S/C13H18O4/c1-2-6-13(15)17-10-11(14)9-16-12-7-4-3-5-8-12/h3-5,7-8,11,14H,2,6,9-10H2,1H3. The van der Waals surface area contributed by atoms with Gasteiger partial charge in [0.25, 0.3) is 0 Å². The second-order valence-electron chi connectivity index (χ2n) is 3.71. The summed E-state index contributed by atoms with van der Waals surface area (Å²) in [6.07, 6.45) is 0.331. The highest BCUT2D eigenvalue weighted by atomic mass is 16.5. The van der Waals surface area contributed by atoms with Gasteiger partial charge in [-0.15, -0.1) is 0 Å². The van der Waals surface area contributed by atoms with Gasteiger partial charge < -0.3 is 14.6 Å². The van der Waals surface area contributed by atoms with Crippen molar-refractivity contribution < 1.29 is 19.4 Å². The fraction of sp³-hybridized carbons (Fsp3) is 0.462. The second-order valence-corrected chi connectivity index (χ2v) is 3.71. The summed E-state index contributed by atoms with van der Waals surface area (Å²) in [6.45, 7) is 1.99. The van der Waals surface area contributed by atoms with Gasteiger partial charge in [0, 0.05) is 6.42 Å². The molecule has 4 nitrogen and oxygen atoms in total. The summed E-state index contributed by atoms with van der Waals surface area (Å²) in [5.41, 5.74) is 0. The molecule has 1 unspecified atom stereocenters. The maximum atomic E-state index is 11.0. The largest absolute Gasteiger partial charge is 0.491 e.